The molecule has 3 heterocycles. The fourth-order valence-electron chi connectivity index (χ4n) is 3.96. The molecule has 1 aromatic carbocycles. The van der Waals surface area contributed by atoms with Gasteiger partial charge in [-0.15, -0.1) is 0 Å². The van der Waals surface area contributed by atoms with E-state index in [9.17, 15) is 0 Å². The average Bonchev–Trinajstić information content (AvgIpc) is 3.17. The Morgan fingerprint density at radius 3 is 2.34 bits per heavy atom. The molecule has 5 nitrogen and oxygen atoms in total. The van der Waals surface area contributed by atoms with Gasteiger partial charge in [-0.25, -0.2) is 0 Å². The van der Waals surface area contributed by atoms with E-state index < -0.39 is 0 Å². The molecule has 150 valence electrons. The van der Waals surface area contributed by atoms with Gasteiger partial charge < -0.3 is 20.1 Å². The molecule has 3 aromatic rings. The fraction of sp³-hybridized carbons (Fsp3) is 0.273. The number of nitrogens with one attached hydrogen (secondary N) is 2. The Kier molecular flexibility index (Phi) is 5.52. The molecule has 1 fully saturated rings. The van der Waals surface area contributed by atoms with Crippen molar-refractivity contribution in [3.63, 3.8) is 0 Å². The van der Waals surface area contributed by atoms with Gasteiger partial charge >= 0.3 is 0 Å². The molecule has 2 aromatic heterocycles. The number of halogens is 1. The highest BCUT2D eigenvalue weighted by Gasteiger charge is 2.42. The number of thiocarbonyl (C=S) groups is 1. The van der Waals surface area contributed by atoms with Gasteiger partial charge in [-0.3, -0.25) is 4.98 Å². The number of benzene rings is 1. The molecule has 1 saturated heterocycles. The van der Waals surface area contributed by atoms with E-state index in [0.29, 0.717) is 0 Å². The maximum absolute atomic E-state index is 5.82. The first-order valence-electron chi connectivity index (χ1n) is 9.51. The average molecular weight is 517 g/mol. The molecule has 0 bridgehead atoms. The van der Waals surface area contributed by atoms with Crippen molar-refractivity contribution in [2.45, 2.75) is 25.9 Å². The molecular formula is C22H24IN5S. The molecule has 2 N–H and O–H groups in total. The minimum atomic E-state index is -0.0281. The second-order valence-corrected chi connectivity index (χ2v) is 8.98. The van der Waals surface area contributed by atoms with E-state index in [1.165, 1.54) is 20.5 Å². The monoisotopic (exact) mass is 517 g/mol. The number of pyridine rings is 1. The van der Waals surface area contributed by atoms with Crippen molar-refractivity contribution in [2.75, 3.05) is 23.9 Å². The standard InChI is InChI=1S/C22H24IN5S/c1-13-18(19(23)14(2)25-13)21-20(17-7-5-6-12-24-17)26-22(29)28(21)16-10-8-15(9-11-16)27(3)4/h5-12,20-21,25H,1-4H3,(H,26,29)/t20-,21-/m1/s1. The van der Waals surface area contributed by atoms with Gasteiger partial charge in [0.25, 0.3) is 0 Å². The summed E-state index contributed by atoms with van der Waals surface area (Å²) >= 11 is 8.26. The zero-order valence-electron chi connectivity index (χ0n) is 16.9. The van der Waals surface area contributed by atoms with Crippen molar-refractivity contribution in [3.8, 4) is 0 Å². The Labute approximate surface area is 190 Å². The maximum Gasteiger partial charge on any atom is 0.174 e. The van der Waals surface area contributed by atoms with Gasteiger partial charge in [0.2, 0.25) is 0 Å². The van der Waals surface area contributed by atoms with E-state index in [0.717, 1.165) is 22.2 Å². The molecule has 7 heteroatoms. The summed E-state index contributed by atoms with van der Waals surface area (Å²) in [5.74, 6) is 0. The number of rotatable bonds is 4. The number of anilines is 2. The molecule has 0 aliphatic carbocycles. The molecule has 4 rings (SSSR count). The van der Waals surface area contributed by atoms with Crippen LogP contribution in [-0.4, -0.2) is 29.2 Å². The van der Waals surface area contributed by atoms with Crippen LogP contribution in [0.15, 0.2) is 48.7 Å². The Bertz CT molecular complexity index is 1030. The van der Waals surface area contributed by atoms with Crippen molar-refractivity contribution in [1.82, 2.24) is 15.3 Å². The number of aryl methyl sites for hydroxylation is 2. The third-order valence-corrected chi connectivity index (χ3v) is 7.09. The lowest BCUT2D eigenvalue weighted by molar-refractivity contribution is 0.564. The fourth-order valence-corrected chi connectivity index (χ4v) is 5.16. The summed E-state index contributed by atoms with van der Waals surface area (Å²) in [7, 11) is 4.09. The SMILES string of the molecule is Cc1[nH]c(C)c([C@@H]2[C@@H](c3ccccn3)NC(=S)N2c2ccc(N(C)C)cc2)c1I. The number of aromatic amines is 1. The van der Waals surface area contributed by atoms with E-state index in [2.05, 4.69) is 91.9 Å². The number of nitrogens with zero attached hydrogens (tertiary/aromatic N) is 3. The van der Waals surface area contributed by atoms with E-state index in [-0.39, 0.29) is 12.1 Å². The van der Waals surface area contributed by atoms with Crippen LogP contribution < -0.4 is 15.1 Å². The highest BCUT2D eigenvalue weighted by Crippen LogP contribution is 2.44. The lowest BCUT2D eigenvalue weighted by Gasteiger charge is -2.29. The number of H-pyrrole nitrogens is 1. The van der Waals surface area contributed by atoms with Crippen LogP contribution in [0.1, 0.15) is 34.7 Å². The van der Waals surface area contributed by atoms with Crippen molar-refractivity contribution < 1.29 is 0 Å². The molecule has 1 aliphatic heterocycles. The van der Waals surface area contributed by atoms with Gasteiger partial charge in [0.05, 0.1) is 17.8 Å². The van der Waals surface area contributed by atoms with Crippen LogP contribution in [0.3, 0.4) is 0 Å². The zero-order valence-corrected chi connectivity index (χ0v) is 19.9. The van der Waals surface area contributed by atoms with Crippen LogP contribution in [0, 0.1) is 17.4 Å². The molecule has 0 radical (unpaired) electrons. The molecule has 0 saturated carbocycles. The minimum Gasteiger partial charge on any atom is -0.378 e. The van der Waals surface area contributed by atoms with Crippen molar-refractivity contribution >= 4 is 51.3 Å². The molecular weight excluding hydrogens is 493 g/mol. The minimum absolute atomic E-state index is 0.0134. The summed E-state index contributed by atoms with van der Waals surface area (Å²) in [6.07, 6.45) is 1.84. The van der Waals surface area contributed by atoms with Gasteiger partial charge in [0.1, 0.15) is 0 Å². The second kappa shape index (κ2) is 7.95. The third kappa shape index (κ3) is 3.61. The van der Waals surface area contributed by atoms with E-state index in [1.807, 2.05) is 32.4 Å². The Morgan fingerprint density at radius 1 is 1.07 bits per heavy atom. The summed E-state index contributed by atoms with van der Waals surface area (Å²) < 4.78 is 1.24. The van der Waals surface area contributed by atoms with Gasteiger partial charge in [-0.1, -0.05) is 6.07 Å². The zero-order chi connectivity index (χ0) is 20.7. The van der Waals surface area contributed by atoms with Crippen LogP contribution in [0.5, 0.6) is 0 Å². The van der Waals surface area contributed by atoms with E-state index in [4.69, 9.17) is 12.2 Å². The van der Waals surface area contributed by atoms with Crippen LogP contribution in [-0.2, 0) is 0 Å². The Balaban J connectivity index is 1.85. The summed E-state index contributed by atoms with van der Waals surface area (Å²) in [6, 6.07) is 14.6. The van der Waals surface area contributed by atoms with E-state index in [1.54, 1.807) is 0 Å². The Hall–Kier alpha value is -2.13. The molecule has 29 heavy (non-hydrogen) atoms. The highest BCUT2D eigenvalue weighted by molar-refractivity contribution is 14.1. The van der Waals surface area contributed by atoms with Crippen LogP contribution in [0.4, 0.5) is 11.4 Å². The van der Waals surface area contributed by atoms with E-state index >= 15 is 0 Å². The van der Waals surface area contributed by atoms with Crippen LogP contribution >= 0.6 is 34.8 Å². The Morgan fingerprint density at radius 2 is 1.79 bits per heavy atom. The second-order valence-electron chi connectivity index (χ2n) is 7.51. The smallest absolute Gasteiger partial charge is 0.174 e. The molecule has 0 unspecified atom stereocenters. The molecule has 2 atom stereocenters. The maximum atomic E-state index is 5.82. The largest absolute Gasteiger partial charge is 0.378 e. The highest BCUT2D eigenvalue weighted by atomic mass is 127. The van der Waals surface area contributed by atoms with Gasteiger partial charge in [-0.2, -0.15) is 0 Å². The first kappa shape index (κ1) is 20.2. The molecule has 0 amide bonds. The first-order valence-corrected chi connectivity index (χ1v) is 11.0. The first-order chi connectivity index (χ1) is 13.9. The quantitative estimate of drug-likeness (QED) is 0.382. The van der Waals surface area contributed by atoms with Crippen molar-refractivity contribution in [3.05, 3.63) is 74.9 Å². The summed E-state index contributed by atoms with van der Waals surface area (Å²) in [4.78, 5) is 12.5. The van der Waals surface area contributed by atoms with Crippen LogP contribution in [0.25, 0.3) is 0 Å². The van der Waals surface area contributed by atoms with Crippen molar-refractivity contribution in [1.29, 1.82) is 0 Å². The number of hydrogen-bond donors (Lipinski definition) is 2. The van der Waals surface area contributed by atoms with Crippen LogP contribution in [0.2, 0.25) is 0 Å². The predicted molar refractivity (Wildman–Crippen MR) is 132 cm³/mol. The topological polar surface area (TPSA) is 47.2 Å². The van der Waals surface area contributed by atoms with Gasteiger partial charge in [-0.05, 0) is 85.1 Å². The lowest BCUT2D eigenvalue weighted by Crippen LogP contribution is -2.29. The summed E-state index contributed by atoms with van der Waals surface area (Å²) in [6.45, 7) is 4.25. The predicted octanol–water partition coefficient (Wildman–Crippen LogP) is 4.87. The number of aromatic nitrogens is 2. The van der Waals surface area contributed by atoms with Gasteiger partial charge in [0.15, 0.2) is 5.11 Å². The van der Waals surface area contributed by atoms with Crippen molar-refractivity contribution in [2.24, 2.45) is 0 Å². The molecule has 0 spiro atoms. The summed E-state index contributed by atoms with van der Waals surface area (Å²) in [5, 5.41) is 4.26. The third-order valence-electron chi connectivity index (χ3n) is 5.38. The lowest BCUT2D eigenvalue weighted by atomic mass is 9.96. The normalized spacial score (nSPS) is 18.8. The van der Waals surface area contributed by atoms with Gasteiger partial charge in [0, 0.05) is 52.2 Å². The molecule has 1 aliphatic rings. The summed E-state index contributed by atoms with van der Waals surface area (Å²) in [5.41, 5.74) is 6.83. The number of hydrogen-bond acceptors (Lipinski definition) is 3.